The molecule has 8 heteroatoms. The van der Waals surface area contributed by atoms with E-state index in [2.05, 4.69) is 5.32 Å². The summed E-state index contributed by atoms with van der Waals surface area (Å²) >= 11 is 0. The molecule has 2 N–H and O–H groups in total. The van der Waals surface area contributed by atoms with Crippen LogP contribution in [-0.4, -0.2) is 58.4 Å². The SMILES string of the molecule is CCCN(CC(=O)O)C(=O)c1cccc(CN2C(=O)CNC2=O)c1. The minimum absolute atomic E-state index is 0.0274. The zero-order valence-corrected chi connectivity index (χ0v) is 13.3. The van der Waals surface area contributed by atoms with Crippen LogP contribution in [0.25, 0.3) is 0 Å². The molecule has 1 fully saturated rings. The van der Waals surface area contributed by atoms with Crippen molar-refractivity contribution in [3.05, 3.63) is 35.4 Å². The summed E-state index contributed by atoms with van der Waals surface area (Å²) in [5.74, 6) is -1.79. The third kappa shape index (κ3) is 4.09. The lowest BCUT2D eigenvalue weighted by molar-refractivity contribution is -0.137. The van der Waals surface area contributed by atoms with Crippen LogP contribution in [-0.2, 0) is 16.1 Å². The second kappa shape index (κ2) is 7.58. The normalized spacial score (nSPS) is 13.8. The number of carbonyl (C=O) groups excluding carboxylic acids is 3. The summed E-state index contributed by atoms with van der Waals surface area (Å²) in [5.41, 5.74) is 0.951. The van der Waals surface area contributed by atoms with Gasteiger partial charge in [-0.3, -0.25) is 19.3 Å². The lowest BCUT2D eigenvalue weighted by Crippen LogP contribution is -2.36. The predicted molar refractivity (Wildman–Crippen MR) is 84.2 cm³/mol. The highest BCUT2D eigenvalue weighted by Crippen LogP contribution is 2.13. The number of carbonyl (C=O) groups is 4. The van der Waals surface area contributed by atoms with Crippen molar-refractivity contribution in [2.24, 2.45) is 0 Å². The number of carboxylic acids is 1. The van der Waals surface area contributed by atoms with Crippen molar-refractivity contribution in [1.82, 2.24) is 15.1 Å². The molecular weight excluding hydrogens is 314 g/mol. The van der Waals surface area contributed by atoms with E-state index in [9.17, 15) is 19.2 Å². The van der Waals surface area contributed by atoms with Crippen molar-refractivity contribution in [3.63, 3.8) is 0 Å². The number of nitrogens with zero attached hydrogens (tertiary/aromatic N) is 2. The Bertz CT molecular complexity index is 657. The van der Waals surface area contributed by atoms with Gasteiger partial charge in [-0.2, -0.15) is 0 Å². The minimum Gasteiger partial charge on any atom is -0.480 e. The molecule has 0 bridgehead atoms. The highest BCUT2D eigenvalue weighted by Gasteiger charge is 2.28. The number of amides is 4. The first kappa shape index (κ1) is 17.5. The molecule has 1 aliphatic rings. The topological polar surface area (TPSA) is 107 Å². The summed E-state index contributed by atoms with van der Waals surface area (Å²) in [6.07, 6.45) is 0.640. The Labute approximate surface area is 139 Å². The van der Waals surface area contributed by atoms with Crippen LogP contribution in [0.4, 0.5) is 4.79 Å². The Morgan fingerprint density at radius 1 is 1.33 bits per heavy atom. The van der Waals surface area contributed by atoms with Gasteiger partial charge < -0.3 is 15.3 Å². The monoisotopic (exact) mass is 333 g/mol. The molecule has 0 spiro atoms. The minimum atomic E-state index is -1.08. The molecule has 2 rings (SSSR count). The van der Waals surface area contributed by atoms with Gasteiger partial charge in [-0.05, 0) is 24.1 Å². The zero-order chi connectivity index (χ0) is 17.7. The van der Waals surface area contributed by atoms with Crippen molar-refractivity contribution in [1.29, 1.82) is 0 Å². The van der Waals surface area contributed by atoms with Crippen molar-refractivity contribution in [2.75, 3.05) is 19.6 Å². The quantitative estimate of drug-likeness (QED) is 0.713. The highest BCUT2D eigenvalue weighted by atomic mass is 16.4. The summed E-state index contributed by atoms with van der Waals surface area (Å²) in [6, 6.07) is 6.05. The lowest BCUT2D eigenvalue weighted by Gasteiger charge is -2.20. The summed E-state index contributed by atoms with van der Waals surface area (Å²) in [6.45, 7) is 1.86. The van der Waals surface area contributed by atoms with Crippen molar-refractivity contribution < 1.29 is 24.3 Å². The maximum atomic E-state index is 12.5. The van der Waals surface area contributed by atoms with Crippen LogP contribution >= 0.6 is 0 Å². The highest BCUT2D eigenvalue weighted by molar-refractivity contribution is 6.02. The summed E-state index contributed by atoms with van der Waals surface area (Å²) in [5, 5.41) is 11.4. The van der Waals surface area contributed by atoms with Gasteiger partial charge in [0.25, 0.3) is 5.91 Å². The molecule has 24 heavy (non-hydrogen) atoms. The summed E-state index contributed by atoms with van der Waals surface area (Å²) < 4.78 is 0. The fourth-order valence-corrected chi connectivity index (χ4v) is 2.47. The number of hydrogen-bond acceptors (Lipinski definition) is 4. The number of urea groups is 1. The number of hydrogen-bond donors (Lipinski definition) is 2. The zero-order valence-electron chi connectivity index (χ0n) is 13.3. The van der Waals surface area contributed by atoms with Crippen LogP contribution in [0.1, 0.15) is 29.3 Å². The second-order valence-electron chi connectivity index (χ2n) is 5.46. The van der Waals surface area contributed by atoms with Crippen molar-refractivity contribution in [3.8, 4) is 0 Å². The van der Waals surface area contributed by atoms with Gasteiger partial charge in [0, 0.05) is 12.1 Å². The number of benzene rings is 1. The summed E-state index contributed by atoms with van der Waals surface area (Å²) in [4.78, 5) is 48.9. The molecule has 8 nitrogen and oxygen atoms in total. The molecule has 4 amide bonds. The Hall–Kier alpha value is -2.90. The van der Waals surface area contributed by atoms with Gasteiger partial charge in [-0.1, -0.05) is 19.1 Å². The van der Waals surface area contributed by atoms with E-state index in [0.29, 0.717) is 24.1 Å². The van der Waals surface area contributed by atoms with Gasteiger partial charge in [0.2, 0.25) is 5.91 Å². The Morgan fingerprint density at radius 2 is 2.08 bits per heavy atom. The largest absolute Gasteiger partial charge is 0.480 e. The van der Waals surface area contributed by atoms with Crippen LogP contribution in [0.5, 0.6) is 0 Å². The fraction of sp³-hybridized carbons (Fsp3) is 0.375. The smallest absolute Gasteiger partial charge is 0.324 e. The number of imide groups is 1. The molecule has 0 radical (unpaired) electrons. The van der Waals surface area contributed by atoms with Crippen LogP contribution in [0.3, 0.4) is 0 Å². The molecule has 1 heterocycles. The average molecular weight is 333 g/mol. The fourth-order valence-electron chi connectivity index (χ4n) is 2.47. The van der Waals surface area contributed by atoms with E-state index in [1.807, 2.05) is 6.92 Å². The number of rotatable bonds is 7. The van der Waals surface area contributed by atoms with E-state index in [0.717, 1.165) is 4.90 Å². The average Bonchev–Trinajstić information content (AvgIpc) is 2.85. The predicted octanol–water partition coefficient (Wildman–Crippen LogP) is 0.675. The Kier molecular flexibility index (Phi) is 5.51. The molecule has 128 valence electrons. The van der Waals surface area contributed by atoms with E-state index in [4.69, 9.17) is 5.11 Å². The Balaban J connectivity index is 2.16. The first-order valence-corrected chi connectivity index (χ1v) is 7.60. The number of carboxylic acid groups (broad SMARTS) is 1. The second-order valence-corrected chi connectivity index (χ2v) is 5.46. The molecule has 1 saturated heterocycles. The third-order valence-corrected chi connectivity index (χ3v) is 3.56. The van der Waals surface area contributed by atoms with E-state index in [-0.39, 0.29) is 25.5 Å². The van der Waals surface area contributed by atoms with E-state index in [1.165, 1.54) is 4.90 Å². The van der Waals surface area contributed by atoms with Gasteiger partial charge >= 0.3 is 12.0 Å². The maximum Gasteiger partial charge on any atom is 0.324 e. The van der Waals surface area contributed by atoms with Crippen molar-refractivity contribution >= 4 is 23.8 Å². The van der Waals surface area contributed by atoms with Crippen LogP contribution in [0.2, 0.25) is 0 Å². The van der Waals surface area contributed by atoms with Gasteiger partial charge in [-0.25, -0.2) is 4.79 Å². The van der Waals surface area contributed by atoms with Crippen LogP contribution in [0, 0.1) is 0 Å². The van der Waals surface area contributed by atoms with E-state index < -0.39 is 17.9 Å². The Morgan fingerprint density at radius 3 is 2.67 bits per heavy atom. The number of aliphatic carboxylic acids is 1. The van der Waals surface area contributed by atoms with Gasteiger partial charge in [0.05, 0.1) is 13.1 Å². The summed E-state index contributed by atoms with van der Waals surface area (Å²) in [7, 11) is 0. The molecular formula is C16H19N3O5. The van der Waals surface area contributed by atoms with Gasteiger partial charge in [-0.15, -0.1) is 0 Å². The first-order chi connectivity index (χ1) is 11.4. The van der Waals surface area contributed by atoms with Gasteiger partial charge in [0.15, 0.2) is 0 Å². The lowest BCUT2D eigenvalue weighted by atomic mass is 10.1. The van der Waals surface area contributed by atoms with Gasteiger partial charge in [0.1, 0.15) is 6.54 Å². The molecule has 0 aliphatic carbocycles. The molecule has 1 aliphatic heterocycles. The molecule has 0 unspecified atom stereocenters. The van der Waals surface area contributed by atoms with E-state index >= 15 is 0 Å². The molecule has 1 aromatic carbocycles. The van der Waals surface area contributed by atoms with Crippen LogP contribution < -0.4 is 5.32 Å². The molecule has 1 aromatic rings. The van der Waals surface area contributed by atoms with Crippen LogP contribution in [0.15, 0.2) is 24.3 Å². The molecule has 0 atom stereocenters. The standard InChI is InChI=1S/C16H19N3O5/c1-2-6-18(10-14(21)22)15(23)12-5-3-4-11(7-12)9-19-13(20)8-17-16(19)24/h3-5,7H,2,6,8-10H2,1H3,(H,17,24)(H,21,22). The molecule has 0 aromatic heterocycles. The third-order valence-electron chi connectivity index (χ3n) is 3.56. The van der Waals surface area contributed by atoms with E-state index in [1.54, 1.807) is 24.3 Å². The van der Waals surface area contributed by atoms with Crippen molar-refractivity contribution in [2.45, 2.75) is 19.9 Å². The molecule has 0 saturated carbocycles. The first-order valence-electron chi connectivity index (χ1n) is 7.60. The maximum absolute atomic E-state index is 12.5. The number of nitrogens with one attached hydrogen (secondary N) is 1.